The molecule has 1 aromatic carbocycles. The number of rotatable bonds is 4. The fourth-order valence-corrected chi connectivity index (χ4v) is 2.86. The summed E-state index contributed by atoms with van der Waals surface area (Å²) < 4.78 is 18.5. The van der Waals surface area contributed by atoms with Crippen LogP contribution in [-0.4, -0.2) is 42.7 Å². The molecular formula is C16H22FNO3. The summed E-state index contributed by atoms with van der Waals surface area (Å²) in [6, 6.07) is 4.19. The van der Waals surface area contributed by atoms with Gasteiger partial charge in [0, 0.05) is 25.1 Å². The summed E-state index contributed by atoms with van der Waals surface area (Å²) in [5.41, 5.74) is 0.293. The molecule has 1 aliphatic rings. The molecule has 1 aromatic rings. The number of aliphatic hydroxyl groups is 1. The molecule has 2 atom stereocenters. The van der Waals surface area contributed by atoms with E-state index < -0.39 is 5.82 Å². The Morgan fingerprint density at radius 3 is 2.76 bits per heavy atom. The summed E-state index contributed by atoms with van der Waals surface area (Å²) >= 11 is 0. The number of hydrogen-bond acceptors (Lipinski definition) is 3. The minimum Gasteiger partial charge on any atom is -0.494 e. The van der Waals surface area contributed by atoms with E-state index in [1.54, 1.807) is 18.0 Å². The molecule has 1 fully saturated rings. The highest BCUT2D eigenvalue weighted by Gasteiger charge is 2.26. The Morgan fingerprint density at radius 1 is 1.43 bits per heavy atom. The highest BCUT2D eigenvalue weighted by atomic mass is 19.1. The van der Waals surface area contributed by atoms with Gasteiger partial charge in [-0.3, -0.25) is 4.79 Å². The number of ether oxygens (including phenoxy) is 1. The van der Waals surface area contributed by atoms with E-state index in [9.17, 15) is 14.3 Å². The third-order valence-corrected chi connectivity index (χ3v) is 4.12. The molecule has 0 saturated heterocycles. The summed E-state index contributed by atoms with van der Waals surface area (Å²) in [6.45, 7) is 0.494. The number of halogens is 1. The van der Waals surface area contributed by atoms with Gasteiger partial charge >= 0.3 is 0 Å². The highest BCUT2D eigenvalue weighted by molar-refractivity contribution is 5.94. The second-order valence-electron chi connectivity index (χ2n) is 5.65. The predicted molar refractivity (Wildman–Crippen MR) is 77.9 cm³/mol. The minimum absolute atomic E-state index is 0.107. The summed E-state index contributed by atoms with van der Waals surface area (Å²) in [6.07, 6.45) is 3.50. The molecular weight excluding hydrogens is 273 g/mol. The van der Waals surface area contributed by atoms with Crippen molar-refractivity contribution in [1.82, 2.24) is 4.90 Å². The van der Waals surface area contributed by atoms with Gasteiger partial charge in [0.25, 0.3) is 5.91 Å². The average Bonchev–Trinajstić information content (AvgIpc) is 2.48. The minimum atomic E-state index is -0.547. The van der Waals surface area contributed by atoms with Gasteiger partial charge in [-0.1, -0.05) is 12.8 Å². The summed E-state index contributed by atoms with van der Waals surface area (Å²) in [5, 5.41) is 9.97. The van der Waals surface area contributed by atoms with Crippen molar-refractivity contribution in [1.29, 1.82) is 0 Å². The third-order valence-electron chi connectivity index (χ3n) is 4.12. The number of methoxy groups -OCH3 is 1. The van der Waals surface area contributed by atoms with Gasteiger partial charge in [0.05, 0.1) is 13.2 Å². The number of aliphatic hydroxyl groups excluding tert-OH is 1. The Kier molecular flexibility index (Phi) is 5.17. The topological polar surface area (TPSA) is 49.8 Å². The zero-order valence-corrected chi connectivity index (χ0v) is 12.5. The normalized spacial score (nSPS) is 21.9. The molecule has 1 saturated carbocycles. The fourth-order valence-electron chi connectivity index (χ4n) is 2.86. The Hall–Kier alpha value is -1.62. The van der Waals surface area contributed by atoms with E-state index in [2.05, 4.69) is 0 Å². The zero-order chi connectivity index (χ0) is 15.4. The van der Waals surface area contributed by atoms with Crippen molar-refractivity contribution in [2.45, 2.75) is 31.8 Å². The molecule has 1 amide bonds. The van der Waals surface area contributed by atoms with Crippen LogP contribution in [0.3, 0.4) is 0 Å². The van der Waals surface area contributed by atoms with Crippen molar-refractivity contribution in [2.24, 2.45) is 5.92 Å². The first-order valence-corrected chi connectivity index (χ1v) is 7.30. The van der Waals surface area contributed by atoms with Crippen LogP contribution in [0.2, 0.25) is 0 Å². The van der Waals surface area contributed by atoms with Crippen molar-refractivity contribution in [3.63, 3.8) is 0 Å². The van der Waals surface area contributed by atoms with Crippen LogP contribution < -0.4 is 4.74 Å². The highest BCUT2D eigenvalue weighted by Crippen LogP contribution is 2.25. The van der Waals surface area contributed by atoms with Gasteiger partial charge in [0.15, 0.2) is 11.6 Å². The smallest absolute Gasteiger partial charge is 0.253 e. The average molecular weight is 295 g/mol. The van der Waals surface area contributed by atoms with Crippen LogP contribution in [-0.2, 0) is 0 Å². The molecule has 2 unspecified atom stereocenters. The van der Waals surface area contributed by atoms with E-state index in [1.165, 1.54) is 19.2 Å². The molecule has 1 aliphatic carbocycles. The quantitative estimate of drug-likeness (QED) is 0.928. The maximum Gasteiger partial charge on any atom is 0.253 e. The number of nitrogens with zero attached hydrogens (tertiary/aromatic N) is 1. The lowest BCUT2D eigenvalue weighted by atomic mass is 9.86. The van der Waals surface area contributed by atoms with Crippen LogP contribution in [0.15, 0.2) is 18.2 Å². The monoisotopic (exact) mass is 295 g/mol. The fraction of sp³-hybridized carbons (Fsp3) is 0.562. The Morgan fingerprint density at radius 2 is 2.14 bits per heavy atom. The Labute approximate surface area is 124 Å². The first kappa shape index (κ1) is 15.8. The van der Waals surface area contributed by atoms with E-state index in [0.29, 0.717) is 12.1 Å². The summed E-state index contributed by atoms with van der Waals surface area (Å²) in [4.78, 5) is 13.9. The standard InChI is InChI=1S/C16H22FNO3/c1-18(10-12-5-3-4-6-14(12)19)16(20)11-7-8-15(21-2)13(17)9-11/h7-9,12,14,19H,3-6,10H2,1-2H3. The van der Waals surface area contributed by atoms with Crippen LogP contribution in [0.4, 0.5) is 4.39 Å². The molecule has 2 rings (SSSR count). The Balaban J connectivity index is 2.03. The van der Waals surface area contributed by atoms with Crippen molar-refractivity contribution >= 4 is 5.91 Å². The summed E-state index contributed by atoms with van der Waals surface area (Å²) in [5.74, 6) is -0.559. The van der Waals surface area contributed by atoms with Crippen molar-refractivity contribution in [3.05, 3.63) is 29.6 Å². The van der Waals surface area contributed by atoms with E-state index in [-0.39, 0.29) is 23.7 Å². The second kappa shape index (κ2) is 6.89. The molecule has 21 heavy (non-hydrogen) atoms. The van der Waals surface area contributed by atoms with Crippen LogP contribution >= 0.6 is 0 Å². The number of hydrogen-bond donors (Lipinski definition) is 1. The van der Waals surface area contributed by atoms with E-state index in [1.807, 2.05) is 0 Å². The molecule has 0 heterocycles. The van der Waals surface area contributed by atoms with Crippen LogP contribution in [0.25, 0.3) is 0 Å². The number of carbonyl (C=O) groups excluding carboxylic acids is 1. The molecule has 0 bridgehead atoms. The number of carbonyl (C=O) groups is 1. The first-order chi connectivity index (χ1) is 10.0. The lowest BCUT2D eigenvalue weighted by Gasteiger charge is -2.31. The molecule has 5 heteroatoms. The molecule has 0 radical (unpaired) electrons. The number of benzene rings is 1. The maximum absolute atomic E-state index is 13.7. The van der Waals surface area contributed by atoms with Gasteiger partial charge in [-0.15, -0.1) is 0 Å². The molecule has 1 N–H and O–H groups in total. The molecule has 0 aromatic heterocycles. The largest absolute Gasteiger partial charge is 0.494 e. The molecule has 116 valence electrons. The Bertz CT molecular complexity index is 506. The SMILES string of the molecule is COc1ccc(C(=O)N(C)CC2CCCCC2O)cc1F. The van der Waals surface area contributed by atoms with Gasteiger partial charge in [-0.2, -0.15) is 0 Å². The van der Waals surface area contributed by atoms with Gasteiger partial charge in [0.2, 0.25) is 0 Å². The van der Waals surface area contributed by atoms with E-state index >= 15 is 0 Å². The third kappa shape index (κ3) is 3.73. The molecule has 0 spiro atoms. The van der Waals surface area contributed by atoms with Crippen LogP contribution in [0.5, 0.6) is 5.75 Å². The van der Waals surface area contributed by atoms with Crippen LogP contribution in [0.1, 0.15) is 36.0 Å². The predicted octanol–water partition coefficient (Wildman–Crippen LogP) is 2.46. The zero-order valence-electron chi connectivity index (χ0n) is 12.5. The molecule has 4 nitrogen and oxygen atoms in total. The van der Waals surface area contributed by atoms with Crippen molar-refractivity contribution in [2.75, 3.05) is 20.7 Å². The van der Waals surface area contributed by atoms with Gasteiger partial charge in [-0.25, -0.2) is 4.39 Å². The van der Waals surface area contributed by atoms with E-state index in [0.717, 1.165) is 25.7 Å². The van der Waals surface area contributed by atoms with Crippen molar-refractivity contribution < 1.29 is 19.0 Å². The van der Waals surface area contributed by atoms with E-state index in [4.69, 9.17) is 4.74 Å². The second-order valence-corrected chi connectivity index (χ2v) is 5.65. The summed E-state index contributed by atoms with van der Waals surface area (Å²) in [7, 11) is 3.07. The molecule has 0 aliphatic heterocycles. The van der Waals surface area contributed by atoms with Gasteiger partial charge in [-0.05, 0) is 31.0 Å². The lowest BCUT2D eigenvalue weighted by Crippen LogP contribution is -2.38. The lowest BCUT2D eigenvalue weighted by molar-refractivity contribution is 0.0451. The maximum atomic E-state index is 13.7. The van der Waals surface area contributed by atoms with Crippen molar-refractivity contribution in [3.8, 4) is 5.75 Å². The van der Waals surface area contributed by atoms with Crippen LogP contribution in [0, 0.1) is 11.7 Å². The van der Waals surface area contributed by atoms with Gasteiger partial charge in [0.1, 0.15) is 0 Å². The number of amides is 1. The first-order valence-electron chi connectivity index (χ1n) is 7.30. The van der Waals surface area contributed by atoms with Gasteiger partial charge < -0.3 is 14.7 Å².